The van der Waals surface area contributed by atoms with Crippen LogP contribution < -0.4 is 5.73 Å². The Bertz CT molecular complexity index is 392. The van der Waals surface area contributed by atoms with Gasteiger partial charge in [0.25, 0.3) is 0 Å². The molecule has 1 heterocycles. The van der Waals surface area contributed by atoms with Crippen molar-refractivity contribution in [2.45, 2.75) is 25.4 Å². The van der Waals surface area contributed by atoms with E-state index < -0.39 is 0 Å². The van der Waals surface area contributed by atoms with E-state index in [1.807, 2.05) is 42.2 Å². The number of benzene rings is 1. The van der Waals surface area contributed by atoms with Gasteiger partial charge >= 0.3 is 0 Å². The van der Waals surface area contributed by atoms with E-state index in [1.165, 1.54) is 0 Å². The van der Waals surface area contributed by atoms with Gasteiger partial charge in [-0.3, -0.25) is 4.79 Å². The quantitative estimate of drug-likeness (QED) is 0.878. The van der Waals surface area contributed by atoms with Crippen LogP contribution in [0.25, 0.3) is 0 Å². The summed E-state index contributed by atoms with van der Waals surface area (Å²) in [4.78, 5) is 14.1. The van der Waals surface area contributed by atoms with Crippen molar-refractivity contribution in [1.82, 2.24) is 4.90 Å². The fourth-order valence-corrected chi connectivity index (χ4v) is 2.25. The number of carbonyl (C=O) groups excluding carboxylic acids is 1. The van der Waals surface area contributed by atoms with Gasteiger partial charge in [0.2, 0.25) is 5.91 Å². The molecule has 1 fully saturated rings. The molecule has 1 aliphatic rings. The smallest absolute Gasteiger partial charge is 0.224 e. The van der Waals surface area contributed by atoms with Gasteiger partial charge in [0.05, 0.1) is 19.3 Å². The SMILES string of the molecule is CC(N)CC(=O)N1CCOCC1c1ccccc1. The van der Waals surface area contributed by atoms with E-state index in [1.54, 1.807) is 0 Å². The minimum Gasteiger partial charge on any atom is -0.377 e. The fourth-order valence-electron chi connectivity index (χ4n) is 2.25. The highest BCUT2D eigenvalue weighted by Crippen LogP contribution is 2.24. The summed E-state index contributed by atoms with van der Waals surface area (Å²) in [6, 6.07) is 9.93. The van der Waals surface area contributed by atoms with Crippen LogP contribution in [0.4, 0.5) is 0 Å². The molecule has 1 saturated heterocycles. The van der Waals surface area contributed by atoms with Gasteiger partial charge in [-0.1, -0.05) is 30.3 Å². The second-order valence-corrected chi connectivity index (χ2v) is 4.77. The van der Waals surface area contributed by atoms with Crippen molar-refractivity contribution in [2.75, 3.05) is 19.8 Å². The first-order chi connectivity index (χ1) is 8.68. The Labute approximate surface area is 108 Å². The number of morpholine rings is 1. The first-order valence-electron chi connectivity index (χ1n) is 6.36. The predicted molar refractivity (Wildman–Crippen MR) is 70.0 cm³/mol. The number of nitrogens with two attached hydrogens (primary N) is 1. The van der Waals surface area contributed by atoms with Crippen LogP contribution in [0.1, 0.15) is 24.9 Å². The number of ether oxygens (including phenoxy) is 1. The monoisotopic (exact) mass is 248 g/mol. The summed E-state index contributed by atoms with van der Waals surface area (Å²) in [5.41, 5.74) is 6.83. The van der Waals surface area contributed by atoms with Crippen LogP contribution in [0.3, 0.4) is 0 Å². The van der Waals surface area contributed by atoms with Crippen LogP contribution >= 0.6 is 0 Å². The van der Waals surface area contributed by atoms with Gasteiger partial charge in [-0.25, -0.2) is 0 Å². The molecule has 0 radical (unpaired) electrons. The molecule has 1 aromatic rings. The van der Waals surface area contributed by atoms with Gasteiger partial charge in [-0.15, -0.1) is 0 Å². The highest BCUT2D eigenvalue weighted by molar-refractivity contribution is 5.77. The summed E-state index contributed by atoms with van der Waals surface area (Å²) in [7, 11) is 0. The second-order valence-electron chi connectivity index (χ2n) is 4.77. The number of rotatable bonds is 3. The normalized spacial score (nSPS) is 21.7. The first kappa shape index (κ1) is 13.1. The van der Waals surface area contributed by atoms with E-state index in [0.29, 0.717) is 26.2 Å². The third kappa shape index (κ3) is 3.09. The molecule has 1 aliphatic heterocycles. The molecule has 1 aromatic carbocycles. The summed E-state index contributed by atoms with van der Waals surface area (Å²) in [5.74, 6) is 0.113. The molecule has 18 heavy (non-hydrogen) atoms. The molecule has 0 aromatic heterocycles. The Morgan fingerprint density at radius 1 is 1.50 bits per heavy atom. The Kier molecular flexibility index (Phi) is 4.33. The lowest BCUT2D eigenvalue weighted by Gasteiger charge is -2.36. The van der Waals surface area contributed by atoms with Crippen molar-refractivity contribution in [3.8, 4) is 0 Å². The standard InChI is InChI=1S/C14H20N2O2/c1-11(15)9-14(17)16-7-8-18-10-13(16)12-5-3-2-4-6-12/h2-6,11,13H,7-10,15H2,1H3. The summed E-state index contributed by atoms with van der Waals surface area (Å²) >= 11 is 0. The van der Waals surface area contributed by atoms with Gasteiger partial charge in [-0.05, 0) is 12.5 Å². The molecule has 0 saturated carbocycles. The molecule has 0 aliphatic carbocycles. The number of hydrogen-bond donors (Lipinski definition) is 1. The largest absolute Gasteiger partial charge is 0.377 e. The molecule has 0 spiro atoms. The van der Waals surface area contributed by atoms with Crippen LogP contribution in [0.15, 0.2) is 30.3 Å². The molecule has 4 nitrogen and oxygen atoms in total. The second kappa shape index (κ2) is 5.98. The lowest BCUT2D eigenvalue weighted by molar-refractivity contribution is -0.140. The Morgan fingerprint density at radius 2 is 2.22 bits per heavy atom. The summed E-state index contributed by atoms with van der Waals surface area (Å²) < 4.78 is 5.50. The zero-order valence-electron chi connectivity index (χ0n) is 10.7. The van der Waals surface area contributed by atoms with Crippen molar-refractivity contribution in [2.24, 2.45) is 5.73 Å². The van der Waals surface area contributed by atoms with Crippen molar-refractivity contribution >= 4 is 5.91 Å². The molecule has 4 heteroatoms. The summed E-state index contributed by atoms with van der Waals surface area (Å²) in [6.45, 7) is 3.67. The average molecular weight is 248 g/mol. The average Bonchev–Trinajstić information content (AvgIpc) is 2.39. The van der Waals surface area contributed by atoms with E-state index in [-0.39, 0.29) is 18.0 Å². The summed E-state index contributed by atoms with van der Waals surface area (Å²) in [5, 5.41) is 0. The lowest BCUT2D eigenvalue weighted by Crippen LogP contribution is -2.44. The molecule has 2 atom stereocenters. The van der Waals surface area contributed by atoms with Crippen molar-refractivity contribution in [3.63, 3.8) is 0 Å². The van der Waals surface area contributed by atoms with Gasteiger partial charge < -0.3 is 15.4 Å². The molecule has 2 unspecified atom stereocenters. The van der Waals surface area contributed by atoms with Crippen LogP contribution in [0, 0.1) is 0 Å². The molecule has 98 valence electrons. The van der Waals surface area contributed by atoms with E-state index >= 15 is 0 Å². The molecular weight excluding hydrogens is 228 g/mol. The number of carbonyl (C=O) groups is 1. The van der Waals surface area contributed by atoms with Crippen LogP contribution in [0.5, 0.6) is 0 Å². The van der Waals surface area contributed by atoms with E-state index in [4.69, 9.17) is 10.5 Å². The zero-order chi connectivity index (χ0) is 13.0. The Morgan fingerprint density at radius 3 is 2.89 bits per heavy atom. The van der Waals surface area contributed by atoms with Crippen LogP contribution in [-0.4, -0.2) is 36.6 Å². The van der Waals surface area contributed by atoms with Crippen LogP contribution in [-0.2, 0) is 9.53 Å². The van der Waals surface area contributed by atoms with E-state index in [2.05, 4.69) is 0 Å². The maximum Gasteiger partial charge on any atom is 0.224 e. The van der Waals surface area contributed by atoms with Gasteiger partial charge in [0.1, 0.15) is 0 Å². The lowest BCUT2D eigenvalue weighted by atomic mass is 10.0. The van der Waals surface area contributed by atoms with Crippen molar-refractivity contribution in [1.29, 1.82) is 0 Å². The van der Waals surface area contributed by atoms with Crippen molar-refractivity contribution in [3.05, 3.63) is 35.9 Å². The third-order valence-electron chi connectivity index (χ3n) is 3.13. The molecule has 2 N–H and O–H groups in total. The first-order valence-corrected chi connectivity index (χ1v) is 6.36. The van der Waals surface area contributed by atoms with Gasteiger partial charge in [0.15, 0.2) is 0 Å². The number of amides is 1. The van der Waals surface area contributed by atoms with Crippen molar-refractivity contribution < 1.29 is 9.53 Å². The van der Waals surface area contributed by atoms with Gasteiger partial charge in [-0.2, -0.15) is 0 Å². The minimum absolute atomic E-state index is 0.0196. The Balaban J connectivity index is 2.13. The Hall–Kier alpha value is -1.39. The number of hydrogen-bond acceptors (Lipinski definition) is 3. The molecular formula is C14H20N2O2. The fraction of sp³-hybridized carbons (Fsp3) is 0.500. The maximum atomic E-state index is 12.2. The highest BCUT2D eigenvalue weighted by Gasteiger charge is 2.28. The van der Waals surface area contributed by atoms with E-state index in [9.17, 15) is 4.79 Å². The highest BCUT2D eigenvalue weighted by atomic mass is 16.5. The zero-order valence-corrected chi connectivity index (χ0v) is 10.7. The maximum absolute atomic E-state index is 12.2. The molecule has 2 rings (SSSR count). The third-order valence-corrected chi connectivity index (χ3v) is 3.13. The molecule has 1 amide bonds. The van der Waals surface area contributed by atoms with Crippen LogP contribution in [0.2, 0.25) is 0 Å². The molecule has 0 bridgehead atoms. The topological polar surface area (TPSA) is 55.6 Å². The summed E-state index contributed by atoms with van der Waals surface area (Å²) in [6.07, 6.45) is 0.392. The van der Waals surface area contributed by atoms with Gasteiger partial charge in [0, 0.05) is 19.0 Å². The minimum atomic E-state index is -0.100. The van der Waals surface area contributed by atoms with E-state index in [0.717, 1.165) is 5.56 Å². The predicted octanol–water partition coefficient (Wildman–Crippen LogP) is 1.32. The number of nitrogens with zero attached hydrogens (tertiary/aromatic N) is 1.